The molecule has 306 valence electrons. The first-order chi connectivity index (χ1) is 28.5. The van der Waals surface area contributed by atoms with Gasteiger partial charge < -0.3 is 19.3 Å². The van der Waals surface area contributed by atoms with E-state index in [0.29, 0.717) is 5.69 Å². The third-order valence-corrected chi connectivity index (χ3v) is 10.8. The van der Waals surface area contributed by atoms with Crippen molar-refractivity contribution in [3.8, 4) is 11.5 Å². The van der Waals surface area contributed by atoms with E-state index in [0.717, 1.165) is 71.6 Å². The predicted molar refractivity (Wildman–Crippen MR) is 231 cm³/mol. The highest BCUT2D eigenvalue weighted by atomic mass is 19.4. The molecule has 0 fully saturated rings. The monoisotopic (exact) mass is 816 g/mol. The van der Waals surface area contributed by atoms with Crippen LogP contribution in [0.15, 0.2) is 133 Å². The third-order valence-electron chi connectivity index (χ3n) is 10.8. The molecular weight excluding hydrogens is 775 g/mol. The summed E-state index contributed by atoms with van der Waals surface area (Å²) in [5.74, 6) is -0.880. The Balaban J connectivity index is 1.49. The Morgan fingerprint density at radius 1 is 0.417 bits per heavy atom. The molecule has 4 nitrogen and oxygen atoms in total. The second kappa shape index (κ2) is 15.3. The van der Waals surface area contributed by atoms with Crippen LogP contribution in [-0.4, -0.2) is 12.7 Å². The topological polar surface area (TPSA) is 24.9 Å². The molecule has 8 aromatic rings. The maximum absolute atomic E-state index is 13.6. The Morgan fingerprint density at radius 2 is 0.750 bits per heavy atom. The van der Waals surface area contributed by atoms with E-state index in [1.807, 2.05) is 24.3 Å². The molecule has 0 aliphatic carbocycles. The molecule has 60 heavy (non-hydrogen) atoms. The van der Waals surface area contributed by atoms with Crippen LogP contribution < -0.4 is 19.3 Å². The van der Waals surface area contributed by atoms with Gasteiger partial charge in [-0.05, 0) is 130 Å². The number of alkyl halides is 6. The lowest BCUT2D eigenvalue weighted by atomic mass is 9.84. The average molecular weight is 817 g/mol. The molecule has 0 radical (unpaired) electrons. The van der Waals surface area contributed by atoms with E-state index in [1.54, 1.807) is 17.0 Å². The van der Waals surface area contributed by atoms with Crippen LogP contribution >= 0.6 is 0 Å². The van der Waals surface area contributed by atoms with Gasteiger partial charge in [0.15, 0.2) is 0 Å². The van der Waals surface area contributed by atoms with Crippen molar-refractivity contribution in [2.75, 3.05) is 9.80 Å². The lowest BCUT2D eigenvalue weighted by molar-refractivity contribution is -0.275. The summed E-state index contributed by atoms with van der Waals surface area (Å²) in [6, 6.07) is 40.3. The van der Waals surface area contributed by atoms with E-state index < -0.39 is 24.2 Å². The second-order valence-corrected chi connectivity index (χ2v) is 15.8. The fourth-order valence-electron chi connectivity index (χ4n) is 8.36. The zero-order valence-corrected chi connectivity index (χ0v) is 33.8. The molecule has 0 heterocycles. The first-order valence-corrected chi connectivity index (χ1v) is 19.7. The standard InChI is InChI=1S/C50H42F6N2O2/c1-29(2)43-27-45(57(33-13-7-11-31(5)23-33)34-14-8-12-32(6)24-34)41-21-19-40-44(30(3)4)28-46(42-22-20-39(43)47(41)48(40)42)58(35-15-9-17-37(25-35)59-49(51,52)53)36-16-10-18-38(26-36)60-50(54,55)56/h7-30H,1-6H3. The largest absolute Gasteiger partial charge is 0.573 e. The Kier molecular flexibility index (Phi) is 10.3. The minimum atomic E-state index is -4.97. The van der Waals surface area contributed by atoms with E-state index in [9.17, 15) is 26.3 Å². The SMILES string of the molecule is Cc1cccc(N(c2cccc(C)c2)c2cc(C(C)C)c3ccc4c(N(c5cccc(OC(F)(F)F)c5)c5cccc(OC(F)(F)F)c5)cc(C(C)C)c5ccc2c3c54)c1. The van der Waals surface area contributed by atoms with Crippen LogP contribution in [-0.2, 0) is 0 Å². The summed E-state index contributed by atoms with van der Waals surface area (Å²) < 4.78 is 90.2. The van der Waals surface area contributed by atoms with Gasteiger partial charge >= 0.3 is 12.7 Å². The molecule has 0 saturated heterocycles. The summed E-state index contributed by atoms with van der Waals surface area (Å²) in [6.07, 6.45) is -9.95. The summed E-state index contributed by atoms with van der Waals surface area (Å²) in [5.41, 5.74) is 8.26. The normalized spacial score (nSPS) is 12.3. The first-order valence-electron chi connectivity index (χ1n) is 19.7. The highest BCUT2D eigenvalue weighted by Crippen LogP contribution is 2.51. The highest BCUT2D eigenvalue weighted by molar-refractivity contribution is 6.29. The van der Waals surface area contributed by atoms with Gasteiger partial charge in [0.05, 0.1) is 11.4 Å². The van der Waals surface area contributed by atoms with Crippen LogP contribution in [0.2, 0.25) is 0 Å². The maximum atomic E-state index is 13.6. The molecule has 0 N–H and O–H groups in total. The van der Waals surface area contributed by atoms with Gasteiger partial charge in [-0.25, -0.2) is 0 Å². The van der Waals surface area contributed by atoms with Crippen molar-refractivity contribution in [2.45, 2.75) is 66.1 Å². The summed E-state index contributed by atoms with van der Waals surface area (Å²) >= 11 is 0. The minimum Gasteiger partial charge on any atom is -0.406 e. The number of benzene rings is 8. The lowest BCUT2D eigenvalue weighted by Gasteiger charge is -2.32. The zero-order chi connectivity index (χ0) is 42.7. The summed E-state index contributed by atoms with van der Waals surface area (Å²) in [6.45, 7) is 12.6. The van der Waals surface area contributed by atoms with Crippen LogP contribution in [0.4, 0.5) is 60.5 Å². The minimum absolute atomic E-state index is 0.0323. The quantitative estimate of drug-likeness (QED) is 0.101. The van der Waals surface area contributed by atoms with Crippen LogP contribution in [0.5, 0.6) is 11.5 Å². The summed E-state index contributed by atoms with van der Waals surface area (Å²) in [4.78, 5) is 3.95. The Bertz CT molecular complexity index is 2760. The van der Waals surface area contributed by atoms with Crippen LogP contribution in [0.25, 0.3) is 32.3 Å². The van der Waals surface area contributed by atoms with Crippen molar-refractivity contribution in [2.24, 2.45) is 0 Å². The molecule has 0 atom stereocenters. The fraction of sp³-hybridized carbons (Fsp3) is 0.200. The zero-order valence-electron chi connectivity index (χ0n) is 33.8. The number of hydrogen-bond donors (Lipinski definition) is 0. The molecule has 0 aromatic heterocycles. The van der Waals surface area contributed by atoms with Gasteiger partial charge in [0.1, 0.15) is 11.5 Å². The molecule has 0 saturated carbocycles. The molecule has 0 unspecified atom stereocenters. The average Bonchev–Trinajstić information content (AvgIpc) is 3.16. The van der Waals surface area contributed by atoms with Crippen molar-refractivity contribution in [3.63, 3.8) is 0 Å². The molecule has 0 bridgehead atoms. The van der Waals surface area contributed by atoms with E-state index >= 15 is 0 Å². The summed E-state index contributed by atoms with van der Waals surface area (Å²) in [7, 11) is 0. The van der Waals surface area contributed by atoms with Crippen LogP contribution in [0, 0.1) is 13.8 Å². The van der Waals surface area contributed by atoms with E-state index in [1.165, 1.54) is 36.4 Å². The Labute approximate surface area is 344 Å². The molecule has 0 spiro atoms. The highest BCUT2D eigenvalue weighted by Gasteiger charge is 2.33. The number of rotatable bonds is 10. The van der Waals surface area contributed by atoms with E-state index in [2.05, 4.69) is 117 Å². The molecular formula is C50H42F6N2O2. The van der Waals surface area contributed by atoms with Crippen molar-refractivity contribution >= 4 is 66.4 Å². The van der Waals surface area contributed by atoms with Gasteiger partial charge in [-0.1, -0.05) is 88.4 Å². The number of ether oxygens (including phenoxy) is 2. The second-order valence-electron chi connectivity index (χ2n) is 15.8. The molecule has 8 rings (SSSR count). The van der Waals surface area contributed by atoms with Crippen molar-refractivity contribution in [1.82, 2.24) is 0 Å². The fourth-order valence-corrected chi connectivity index (χ4v) is 8.36. The van der Waals surface area contributed by atoms with Gasteiger partial charge in [-0.2, -0.15) is 0 Å². The van der Waals surface area contributed by atoms with E-state index in [4.69, 9.17) is 0 Å². The lowest BCUT2D eigenvalue weighted by Crippen LogP contribution is -2.18. The van der Waals surface area contributed by atoms with Gasteiger partial charge in [0.25, 0.3) is 0 Å². The maximum Gasteiger partial charge on any atom is 0.573 e. The number of aryl methyl sites for hydroxylation is 2. The van der Waals surface area contributed by atoms with Crippen molar-refractivity contribution in [3.05, 3.63) is 156 Å². The molecule has 8 aromatic carbocycles. The van der Waals surface area contributed by atoms with Gasteiger partial charge in [0.2, 0.25) is 0 Å². The number of halogens is 6. The molecule has 0 aliphatic rings. The smallest absolute Gasteiger partial charge is 0.406 e. The van der Waals surface area contributed by atoms with Crippen molar-refractivity contribution in [1.29, 1.82) is 0 Å². The first kappa shape index (κ1) is 40.4. The Morgan fingerprint density at radius 3 is 1.08 bits per heavy atom. The van der Waals surface area contributed by atoms with Crippen LogP contribution in [0.3, 0.4) is 0 Å². The number of anilines is 6. The Hall–Kier alpha value is -6.42. The molecule has 0 amide bonds. The van der Waals surface area contributed by atoms with Crippen molar-refractivity contribution < 1.29 is 35.8 Å². The molecule has 10 heteroatoms. The van der Waals surface area contributed by atoms with Gasteiger partial charge in [-0.3, -0.25) is 0 Å². The predicted octanol–water partition coefficient (Wildman–Crippen LogP) is 16.2. The van der Waals surface area contributed by atoms with Gasteiger partial charge in [0, 0.05) is 45.7 Å². The van der Waals surface area contributed by atoms with E-state index in [-0.39, 0.29) is 23.2 Å². The number of hydrogen-bond acceptors (Lipinski definition) is 4. The molecule has 0 aliphatic heterocycles. The van der Waals surface area contributed by atoms with Gasteiger partial charge in [-0.15, -0.1) is 26.3 Å². The van der Waals surface area contributed by atoms with Crippen LogP contribution in [0.1, 0.15) is 61.8 Å². The number of nitrogens with zero attached hydrogens (tertiary/aromatic N) is 2. The summed E-state index contributed by atoms with van der Waals surface area (Å²) in [5, 5.41) is 5.71. The third kappa shape index (κ3) is 7.86.